The maximum Gasteiger partial charge on any atom is 0.330 e. The molecule has 0 atom stereocenters. The molecule has 0 aromatic carbocycles. The van der Waals surface area contributed by atoms with Crippen LogP contribution in [0.1, 0.15) is 0 Å². The molecule has 0 aliphatic carbocycles. The molecule has 0 aromatic heterocycles. The molecule has 5 nitrogen and oxygen atoms in total. The van der Waals surface area contributed by atoms with Gasteiger partial charge in [-0.2, -0.15) is 0 Å². The number of quaternary nitrogens is 1. The number of halogens is 1. The number of hydrogen-bond donors (Lipinski definition) is 0. The van der Waals surface area contributed by atoms with Gasteiger partial charge < -0.3 is 26.4 Å². The summed E-state index contributed by atoms with van der Waals surface area (Å²) in [6.45, 7) is 8.53. The van der Waals surface area contributed by atoms with Gasteiger partial charge >= 0.3 is 11.9 Å². The molecule has 0 amide bonds. The van der Waals surface area contributed by atoms with E-state index in [1.807, 2.05) is 14.1 Å². The van der Waals surface area contributed by atoms with Crippen molar-refractivity contribution in [3.8, 4) is 0 Å². The number of hydrogen-bond acceptors (Lipinski definition) is 4. The zero-order valence-corrected chi connectivity index (χ0v) is 11.6. The number of rotatable bonds is 8. The monoisotopic (exact) mass is 277 g/mol. The van der Waals surface area contributed by atoms with Crippen molar-refractivity contribution in [1.29, 1.82) is 0 Å². The molecular formula is C12H20ClNO4. The summed E-state index contributed by atoms with van der Waals surface area (Å²) in [5.41, 5.74) is 0. The van der Waals surface area contributed by atoms with E-state index in [9.17, 15) is 9.59 Å². The van der Waals surface area contributed by atoms with Crippen LogP contribution in [0.3, 0.4) is 0 Å². The van der Waals surface area contributed by atoms with Crippen LogP contribution in [-0.4, -0.2) is 56.8 Å². The number of esters is 2. The lowest BCUT2D eigenvalue weighted by Crippen LogP contribution is -3.00. The van der Waals surface area contributed by atoms with E-state index in [0.717, 1.165) is 12.2 Å². The summed E-state index contributed by atoms with van der Waals surface area (Å²) in [4.78, 5) is 21.6. The molecule has 0 aliphatic heterocycles. The molecule has 18 heavy (non-hydrogen) atoms. The SMILES string of the molecule is C=CC(=O)OCC[N+](C)(C)CCOC(=O)C=C.[Cl-]. The molecule has 0 heterocycles. The highest BCUT2D eigenvalue weighted by molar-refractivity contribution is 5.81. The lowest BCUT2D eigenvalue weighted by atomic mass is 10.4. The minimum absolute atomic E-state index is 0. The standard InChI is InChI=1S/C12H20NO4.ClH/c1-5-11(14)16-9-7-13(3,4)8-10-17-12(15)6-2;/h5-6H,1-2,7-10H2,3-4H3;1H/q+1;/p-1. The first-order valence-corrected chi connectivity index (χ1v) is 5.31. The van der Waals surface area contributed by atoms with Gasteiger partial charge in [-0.1, -0.05) is 13.2 Å². The van der Waals surface area contributed by atoms with Gasteiger partial charge in [-0.15, -0.1) is 0 Å². The average Bonchev–Trinajstić information content (AvgIpc) is 2.27. The van der Waals surface area contributed by atoms with Crippen molar-refractivity contribution in [3.05, 3.63) is 25.3 Å². The lowest BCUT2D eigenvalue weighted by molar-refractivity contribution is -0.890. The van der Waals surface area contributed by atoms with Crippen molar-refractivity contribution in [2.24, 2.45) is 0 Å². The number of carbonyl (C=O) groups is 2. The molecule has 0 saturated carbocycles. The van der Waals surface area contributed by atoms with Crippen LogP contribution in [0.2, 0.25) is 0 Å². The Morgan fingerprint density at radius 1 is 1.00 bits per heavy atom. The summed E-state index contributed by atoms with van der Waals surface area (Å²) >= 11 is 0. The Morgan fingerprint density at radius 2 is 1.33 bits per heavy atom. The summed E-state index contributed by atoms with van der Waals surface area (Å²) < 4.78 is 10.4. The lowest BCUT2D eigenvalue weighted by Gasteiger charge is -2.28. The Hall–Kier alpha value is -1.33. The van der Waals surface area contributed by atoms with Crippen molar-refractivity contribution in [2.45, 2.75) is 0 Å². The fourth-order valence-electron chi connectivity index (χ4n) is 1.02. The quantitative estimate of drug-likeness (QED) is 0.280. The van der Waals surface area contributed by atoms with E-state index in [2.05, 4.69) is 13.2 Å². The molecule has 0 rings (SSSR count). The maximum atomic E-state index is 10.8. The van der Waals surface area contributed by atoms with Gasteiger partial charge in [-0.25, -0.2) is 9.59 Å². The zero-order valence-electron chi connectivity index (χ0n) is 10.9. The molecule has 0 radical (unpaired) electrons. The number of carbonyl (C=O) groups excluding carboxylic acids is 2. The molecule has 0 aliphatic rings. The van der Waals surface area contributed by atoms with Gasteiger partial charge in [0.2, 0.25) is 0 Å². The minimum Gasteiger partial charge on any atom is -1.00 e. The van der Waals surface area contributed by atoms with Crippen molar-refractivity contribution in [1.82, 2.24) is 0 Å². The van der Waals surface area contributed by atoms with Gasteiger partial charge in [-0.3, -0.25) is 0 Å². The summed E-state index contributed by atoms with van der Waals surface area (Å²) in [6, 6.07) is 0. The minimum atomic E-state index is -0.428. The topological polar surface area (TPSA) is 52.6 Å². The summed E-state index contributed by atoms with van der Waals surface area (Å²) in [5.74, 6) is -0.855. The zero-order chi connectivity index (χ0) is 13.3. The predicted molar refractivity (Wildman–Crippen MR) is 64.2 cm³/mol. The molecule has 0 saturated heterocycles. The van der Waals surface area contributed by atoms with E-state index in [1.54, 1.807) is 0 Å². The fraction of sp³-hybridized carbons (Fsp3) is 0.500. The van der Waals surface area contributed by atoms with E-state index in [-0.39, 0.29) is 12.4 Å². The number of likely N-dealkylation sites (N-methyl/N-ethyl adjacent to an activating group) is 1. The third-order valence-electron chi connectivity index (χ3n) is 2.22. The fourth-order valence-corrected chi connectivity index (χ4v) is 1.02. The Kier molecular flexibility index (Phi) is 10.2. The second-order valence-corrected chi connectivity index (χ2v) is 4.13. The molecule has 104 valence electrons. The highest BCUT2D eigenvalue weighted by atomic mass is 35.5. The van der Waals surface area contributed by atoms with E-state index in [1.165, 1.54) is 0 Å². The Labute approximate surface area is 114 Å². The largest absolute Gasteiger partial charge is 1.00 e. The highest BCUT2D eigenvalue weighted by Crippen LogP contribution is 1.97. The van der Waals surface area contributed by atoms with E-state index >= 15 is 0 Å². The van der Waals surface area contributed by atoms with Crippen molar-refractivity contribution in [2.75, 3.05) is 40.4 Å². The van der Waals surface area contributed by atoms with Crippen LogP contribution in [0, 0.1) is 0 Å². The van der Waals surface area contributed by atoms with E-state index in [4.69, 9.17) is 9.47 Å². The highest BCUT2D eigenvalue weighted by Gasteiger charge is 2.16. The Balaban J connectivity index is 0. The van der Waals surface area contributed by atoms with E-state index < -0.39 is 11.9 Å². The second kappa shape index (κ2) is 9.67. The van der Waals surface area contributed by atoms with E-state index in [0.29, 0.717) is 30.8 Å². The van der Waals surface area contributed by atoms with Gasteiger partial charge in [0.15, 0.2) is 0 Å². The molecule has 0 aromatic rings. The van der Waals surface area contributed by atoms with Gasteiger partial charge in [0.05, 0.1) is 14.1 Å². The first-order chi connectivity index (χ1) is 7.91. The van der Waals surface area contributed by atoms with Crippen molar-refractivity contribution >= 4 is 11.9 Å². The molecule has 0 fully saturated rings. The van der Waals surface area contributed by atoms with Gasteiger partial charge in [0.1, 0.15) is 26.3 Å². The molecule has 6 heteroatoms. The smallest absolute Gasteiger partial charge is 0.330 e. The van der Waals surface area contributed by atoms with Crippen LogP contribution in [0.4, 0.5) is 0 Å². The third kappa shape index (κ3) is 9.86. The number of ether oxygens (including phenoxy) is 2. The molecule has 0 N–H and O–H groups in total. The van der Waals surface area contributed by atoms with Crippen LogP contribution in [0.25, 0.3) is 0 Å². The Morgan fingerprint density at radius 3 is 1.61 bits per heavy atom. The molecule has 0 spiro atoms. The maximum absolute atomic E-state index is 10.8. The van der Waals surface area contributed by atoms with Crippen LogP contribution in [0.15, 0.2) is 25.3 Å². The normalized spacial score (nSPS) is 9.89. The molecule has 0 unspecified atom stereocenters. The van der Waals surface area contributed by atoms with Crippen LogP contribution in [0.5, 0.6) is 0 Å². The third-order valence-corrected chi connectivity index (χ3v) is 2.22. The van der Waals surface area contributed by atoms with Crippen LogP contribution in [-0.2, 0) is 19.1 Å². The van der Waals surface area contributed by atoms with Gasteiger partial charge in [0, 0.05) is 12.2 Å². The second-order valence-electron chi connectivity index (χ2n) is 4.13. The summed E-state index contributed by atoms with van der Waals surface area (Å²) in [7, 11) is 3.92. The molecule has 0 bridgehead atoms. The Bertz CT molecular complexity index is 274. The van der Waals surface area contributed by atoms with Crippen LogP contribution < -0.4 is 12.4 Å². The van der Waals surface area contributed by atoms with Crippen molar-refractivity contribution in [3.63, 3.8) is 0 Å². The summed E-state index contributed by atoms with van der Waals surface area (Å²) in [5, 5.41) is 0. The molecular weight excluding hydrogens is 258 g/mol. The first-order valence-electron chi connectivity index (χ1n) is 5.31. The van der Waals surface area contributed by atoms with Gasteiger partial charge in [0.25, 0.3) is 0 Å². The first kappa shape index (κ1) is 19.0. The van der Waals surface area contributed by atoms with Gasteiger partial charge in [-0.05, 0) is 0 Å². The predicted octanol–water partition coefficient (Wildman–Crippen LogP) is -2.47. The average molecular weight is 278 g/mol. The summed E-state index contributed by atoms with van der Waals surface area (Å²) in [6.07, 6.45) is 2.26. The van der Waals surface area contributed by atoms with Crippen LogP contribution >= 0.6 is 0 Å². The number of nitrogens with zero attached hydrogens (tertiary/aromatic N) is 1. The van der Waals surface area contributed by atoms with Crippen molar-refractivity contribution < 1.29 is 36.0 Å².